The molecule has 4 aliphatic carbocycles. The molecule has 0 heterocycles. The molecule has 1 unspecified atom stereocenters. The van der Waals surface area contributed by atoms with E-state index in [2.05, 4.69) is 46.8 Å². The summed E-state index contributed by atoms with van der Waals surface area (Å²) in [7, 11) is 0. The molecule has 0 amide bonds. The van der Waals surface area contributed by atoms with Gasteiger partial charge < -0.3 is 5.11 Å². The third kappa shape index (κ3) is 3.48. The smallest absolute Gasteiger partial charge is 0.137 e. The second-order valence-corrected chi connectivity index (χ2v) is 11.7. The maximum absolute atomic E-state index is 13.3. The van der Waals surface area contributed by atoms with Crippen LogP contribution in [0.5, 0.6) is 0 Å². The van der Waals surface area contributed by atoms with Crippen LogP contribution in [0.2, 0.25) is 0 Å². The second kappa shape index (κ2) is 7.66. The van der Waals surface area contributed by atoms with Gasteiger partial charge in [0, 0.05) is 12.3 Å². The lowest BCUT2D eigenvalue weighted by Gasteiger charge is -2.58. The van der Waals surface area contributed by atoms with Crippen molar-refractivity contribution >= 4 is 5.78 Å². The summed E-state index contributed by atoms with van der Waals surface area (Å²) in [4.78, 5) is 13.3. The Morgan fingerprint density at radius 2 is 1.97 bits per heavy atom. The van der Waals surface area contributed by atoms with Gasteiger partial charge in [0.05, 0.1) is 6.10 Å². The number of allylic oxidation sites excluding steroid dienone is 3. The molecule has 0 aliphatic heterocycles. The molecule has 162 valence electrons. The van der Waals surface area contributed by atoms with Crippen molar-refractivity contribution in [1.82, 2.24) is 0 Å². The summed E-state index contributed by atoms with van der Waals surface area (Å²) >= 11 is 0. The van der Waals surface area contributed by atoms with E-state index in [0.717, 1.165) is 44.9 Å². The van der Waals surface area contributed by atoms with Crippen molar-refractivity contribution in [2.24, 2.45) is 40.4 Å². The van der Waals surface area contributed by atoms with Crippen molar-refractivity contribution in [2.75, 3.05) is 0 Å². The van der Waals surface area contributed by atoms with Gasteiger partial charge in [-0.1, -0.05) is 44.1 Å². The number of carbonyl (C=O) groups excluding carboxylic acids is 1. The Labute approximate surface area is 178 Å². The first-order valence-electron chi connectivity index (χ1n) is 12.2. The molecule has 0 aromatic carbocycles. The summed E-state index contributed by atoms with van der Waals surface area (Å²) in [5, 5.41) is 10.2. The Morgan fingerprint density at radius 1 is 1.21 bits per heavy atom. The molecule has 0 radical (unpaired) electrons. The fraction of sp³-hybridized carbons (Fsp3) is 0.815. The quantitative estimate of drug-likeness (QED) is 0.550. The van der Waals surface area contributed by atoms with Gasteiger partial charge in [-0.05, 0) is 99.7 Å². The fourth-order valence-electron chi connectivity index (χ4n) is 8.24. The predicted octanol–water partition coefficient (Wildman–Crippen LogP) is 6.49. The topological polar surface area (TPSA) is 37.3 Å². The van der Waals surface area contributed by atoms with Crippen LogP contribution in [0.15, 0.2) is 23.3 Å². The minimum absolute atomic E-state index is 0.140. The summed E-state index contributed by atoms with van der Waals surface area (Å²) in [6, 6.07) is 0. The van der Waals surface area contributed by atoms with Crippen LogP contribution in [0.25, 0.3) is 0 Å². The van der Waals surface area contributed by atoms with E-state index in [1.165, 1.54) is 24.0 Å². The number of fused-ring (bicyclic) bond motifs is 5. The maximum Gasteiger partial charge on any atom is 0.137 e. The average molecular weight is 399 g/mol. The summed E-state index contributed by atoms with van der Waals surface area (Å²) in [5.74, 6) is 3.23. The minimum Gasteiger partial charge on any atom is -0.393 e. The van der Waals surface area contributed by atoms with Crippen molar-refractivity contribution in [2.45, 2.75) is 98.5 Å². The molecule has 0 spiro atoms. The van der Waals surface area contributed by atoms with Crippen molar-refractivity contribution in [1.29, 1.82) is 0 Å². The number of rotatable bonds is 4. The fourth-order valence-corrected chi connectivity index (χ4v) is 8.24. The van der Waals surface area contributed by atoms with Gasteiger partial charge in [0.25, 0.3) is 0 Å². The van der Waals surface area contributed by atoms with E-state index in [-0.39, 0.29) is 22.9 Å². The standard InChI is InChI=1S/C27H42O2/c1-17(2)7-6-8-18(3)25-24(29)16-23-21-10-9-19-15-20(28)11-13-26(19,4)22(21)12-14-27(23,25)5/h7,9,18,20-23,25,28H,6,8,10-16H2,1-5H3/t18-,20?,21-,22+,23+,25+,26+,27+/m1/s1. The molecule has 4 aliphatic rings. The molecule has 8 atom stereocenters. The van der Waals surface area contributed by atoms with Gasteiger partial charge in [0.2, 0.25) is 0 Å². The first-order chi connectivity index (χ1) is 13.7. The monoisotopic (exact) mass is 398 g/mol. The average Bonchev–Trinajstić information content (AvgIpc) is 2.92. The molecule has 3 saturated carbocycles. The number of carbonyl (C=O) groups is 1. The summed E-state index contributed by atoms with van der Waals surface area (Å²) in [5.41, 5.74) is 3.37. The van der Waals surface area contributed by atoms with Crippen LogP contribution in [-0.2, 0) is 4.79 Å². The van der Waals surface area contributed by atoms with E-state index < -0.39 is 0 Å². The SMILES string of the molecule is CC(C)=CCC[C@@H](C)[C@H]1C(=O)C[C@H]2[C@@H]3CC=C4CC(O)CC[C@]4(C)[C@H]3CC[C@]12C. The lowest BCUT2D eigenvalue weighted by Crippen LogP contribution is -2.51. The highest BCUT2D eigenvalue weighted by molar-refractivity contribution is 5.85. The molecular formula is C27H42O2. The first-order valence-corrected chi connectivity index (χ1v) is 12.2. The van der Waals surface area contributed by atoms with Crippen LogP contribution in [0.3, 0.4) is 0 Å². The molecule has 2 heteroatoms. The number of ketones is 1. The van der Waals surface area contributed by atoms with Crippen molar-refractivity contribution < 1.29 is 9.90 Å². The number of hydrogen-bond donors (Lipinski definition) is 1. The zero-order chi connectivity index (χ0) is 21.0. The minimum atomic E-state index is -0.140. The van der Waals surface area contributed by atoms with Gasteiger partial charge >= 0.3 is 0 Å². The molecule has 1 N–H and O–H groups in total. The molecule has 4 rings (SSSR count). The van der Waals surface area contributed by atoms with Gasteiger partial charge in [-0.3, -0.25) is 4.79 Å². The van der Waals surface area contributed by atoms with Gasteiger partial charge in [-0.25, -0.2) is 0 Å². The van der Waals surface area contributed by atoms with Crippen LogP contribution >= 0.6 is 0 Å². The van der Waals surface area contributed by atoms with Gasteiger partial charge in [0.1, 0.15) is 5.78 Å². The Morgan fingerprint density at radius 3 is 2.69 bits per heavy atom. The summed E-state index contributed by atoms with van der Waals surface area (Å²) in [6.07, 6.45) is 14.3. The highest BCUT2D eigenvalue weighted by atomic mass is 16.3. The van der Waals surface area contributed by atoms with Gasteiger partial charge in [-0.15, -0.1) is 0 Å². The Balaban J connectivity index is 1.56. The molecule has 0 bridgehead atoms. The Bertz CT molecular complexity index is 714. The molecule has 0 aromatic rings. The summed E-state index contributed by atoms with van der Waals surface area (Å²) < 4.78 is 0. The lowest BCUT2D eigenvalue weighted by atomic mass is 9.47. The maximum atomic E-state index is 13.3. The Hall–Kier alpha value is -0.890. The van der Waals surface area contributed by atoms with Crippen LogP contribution in [0.4, 0.5) is 0 Å². The Kier molecular flexibility index (Phi) is 5.64. The van der Waals surface area contributed by atoms with Crippen LogP contribution in [-0.4, -0.2) is 17.0 Å². The van der Waals surface area contributed by atoms with Crippen LogP contribution in [0.1, 0.15) is 92.4 Å². The van der Waals surface area contributed by atoms with Crippen molar-refractivity contribution in [3.05, 3.63) is 23.3 Å². The van der Waals surface area contributed by atoms with E-state index in [1.54, 1.807) is 0 Å². The molecule has 0 saturated heterocycles. The van der Waals surface area contributed by atoms with Crippen LogP contribution < -0.4 is 0 Å². The van der Waals surface area contributed by atoms with Gasteiger partial charge in [-0.2, -0.15) is 0 Å². The highest BCUT2D eigenvalue weighted by Gasteiger charge is 2.61. The zero-order valence-corrected chi connectivity index (χ0v) is 19.3. The van der Waals surface area contributed by atoms with Crippen LogP contribution in [0, 0.1) is 40.4 Å². The number of aliphatic hydroxyl groups is 1. The normalized spacial score (nSPS) is 45.0. The largest absolute Gasteiger partial charge is 0.393 e. The molecule has 3 fully saturated rings. The van der Waals surface area contributed by atoms with E-state index >= 15 is 0 Å². The third-order valence-electron chi connectivity index (χ3n) is 9.74. The van der Waals surface area contributed by atoms with Crippen molar-refractivity contribution in [3.63, 3.8) is 0 Å². The predicted molar refractivity (Wildman–Crippen MR) is 119 cm³/mol. The molecular weight excluding hydrogens is 356 g/mol. The molecule has 0 aromatic heterocycles. The van der Waals surface area contributed by atoms with E-state index in [1.807, 2.05) is 0 Å². The number of Topliss-reactive ketones (excluding diaryl/α,β-unsaturated/α-hetero) is 1. The zero-order valence-electron chi connectivity index (χ0n) is 19.3. The highest BCUT2D eigenvalue weighted by Crippen LogP contribution is 2.66. The molecule has 2 nitrogen and oxygen atoms in total. The number of aliphatic hydroxyl groups excluding tert-OH is 1. The summed E-state index contributed by atoms with van der Waals surface area (Å²) in [6.45, 7) is 11.6. The van der Waals surface area contributed by atoms with Gasteiger partial charge in [0.15, 0.2) is 0 Å². The van der Waals surface area contributed by atoms with E-state index in [0.29, 0.717) is 29.5 Å². The number of hydrogen-bond acceptors (Lipinski definition) is 2. The third-order valence-corrected chi connectivity index (χ3v) is 9.74. The van der Waals surface area contributed by atoms with Crippen molar-refractivity contribution in [3.8, 4) is 0 Å². The van der Waals surface area contributed by atoms with E-state index in [4.69, 9.17) is 0 Å². The second-order valence-electron chi connectivity index (χ2n) is 11.7. The van der Waals surface area contributed by atoms with E-state index in [9.17, 15) is 9.90 Å². The first kappa shape index (κ1) is 21.3. The molecule has 29 heavy (non-hydrogen) atoms. The lowest BCUT2D eigenvalue weighted by molar-refractivity contribution is -0.124.